The molecule has 5 N–H and O–H groups in total. The van der Waals surface area contributed by atoms with Crippen molar-refractivity contribution in [3.8, 4) is 0 Å². The van der Waals surface area contributed by atoms with Crippen LogP contribution in [0.5, 0.6) is 0 Å². The van der Waals surface area contributed by atoms with E-state index in [4.69, 9.17) is 11.6 Å². The largest absolute Gasteiger partial charge is 0.417 e. The minimum atomic E-state index is -4.62. The highest BCUT2D eigenvalue weighted by atomic mass is 35.5. The van der Waals surface area contributed by atoms with E-state index in [9.17, 15) is 18.0 Å². The van der Waals surface area contributed by atoms with Gasteiger partial charge in [-0.15, -0.1) is 5.73 Å². The molecule has 3 rings (SSSR count). The van der Waals surface area contributed by atoms with Crippen molar-refractivity contribution in [2.45, 2.75) is 6.18 Å². The number of amides is 2. The van der Waals surface area contributed by atoms with Crippen molar-refractivity contribution in [2.24, 2.45) is 0 Å². The van der Waals surface area contributed by atoms with E-state index in [-0.39, 0.29) is 5.69 Å². The minimum absolute atomic E-state index is 0.0495. The molecule has 1 aliphatic rings. The number of carbonyl (C=O) groups excluding carboxylic acids is 1. The predicted molar refractivity (Wildman–Crippen MR) is 105 cm³/mol. The van der Waals surface area contributed by atoms with Crippen LogP contribution < -0.4 is 32.1 Å². The molecule has 0 radical (unpaired) electrons. The molecule has 152 valence electrons. The molecule has 0 bridgehead atoms. The summed E-state index contributed by atoms with van der Waals surface area (Å²) in [5.41, 5.74) is 14.1. The second-order valence-corrected chi connectivity index (χ2v) is 6.22. The maximum Gasteiger partial charge on any atom is 0.417 e. The van der Waals surface area contributed by atoms with Crippen LogP contribution in [0.2, 0.25) is 5.02 Å². The van der Waals surface area contributed by atoms with E-state index < -0.39 is 22.8 Å². The Morgan fingerprint density at radius 3 is 2.79 bits per heavy atom. The average molecular weight is 425 g/mol. The van der Waals surface area contributed by atoms with Gasteiger partial charge in [-0.05, 0) is 42.5 Å². The summed E-state index contributed by atoms with van der Waals surface area (Å²) in [6.45, 7) is 0.605. The molecule has 0 spiro atoms. The number of hydrogen-bond donors (Lipinski definition) is 5. The Bertz CT molecular complexity index is 959. The van der Waals surface area contributed by atoms with Crippen LogP contribution in [0.3, 0.4) is 0 Å². The van der Waals surface area contributed by atoms with Gasteiger partial charge in [0.15, 0.2) is 0 Å². The van der Waals surface area contributed by atoms with Crippen LogP contribution in [0.15, 0.2) is 60.5 Å². The van der Waals surface area contributed by atoms with Crippen LogP contribution >= 0.6 is 11.6 Å². The number of nitrogens with one attached hydrogen (secondary N) is 5. The minimum Gasteiger partial charge on any atom is -0.307 e. The van der Waals surface area contributed by atoms with Gasteiger partial charge in [-0.25, -0.2) is 10.2 Å². The number of alkyl halides is 3. The van der Waals surface area contributed by atoms with E-state index in [1.54, 1.807) is 29.4 Å². The van der Waals surface area contributed by atoms with E-state index in [0.29, 0.717) is 12.2 Å². The fourth-order valence-electron chi connectivity index (χ4n) is 2.38. The molecule has 2 aromatic carbocycles. The van der Waals surface area contributed by atoms with Gasteiger partial charge in [-0.1, -0.05) is 17.7 Å². The molecule has 2 amide bonds. The third-order valence-electron chi connectivity index (χ3n) is 3.70. The number of hydrogen-bond acceptors (Lipinski definition) is 5. The van der Waals surface area contributed by atoms with Gasteiger partial charge in [0.1, 0.15) is 0 Å². The maximum absolute atomic E-state index is 12.9. The first-order valence-electron chi connectivity index (χ1n) is 8.31. The van der Waals surface area contributed by atoms with Gasteiger partial charge in [-0.3, -0.25) is 15.9 Å². The highest BCUT2D eigenvalue weighted by Gasteiger charge is 2.33. The lowest BCUT2D eigenvalue weighted by Crippen LogP contribution is -2.43. The number of benzene rings is 2. The molecule has 0 saturated heterocycles. The summed E-state index contributed by atoms with van der Waals surface area (Å²) in [4.78, 5) is 12.0. The Morgan fingerprint density at radius 1 is 1.17 bits per heavy atom. The first kappa shape index (κ1) is 20.6. The zero-order valence-electron chi connectivity index (χ0n) is 14.8. The van der Waals surface area contributed by atoms with Gasteiger partial charge in [0, 0.05) is 12.2 Å². The van der Waals surface area contributed by atoms with Crippen molar-refractivity contribution in [3.05, 3.63) is 71.1 Å². The molecule has 0 aromatic heterocycles. The Labute approximate surface area is 169 Å². The fraction of sp³-hybridized carbons (Fsp3) is 0.111. The second kappa shape index (κ2) is 8.89. The molecule has 2 aromatic rings. The Balaban J connectivity index is 1.61. The third-order valence-corrected chi connectivity index (χ3v) is 4.03. The summed E-state index contributed by atoms with van der Waals surface area (Å²) in [5, 5.41) is 3.55. The van der Waals surface area contributed by atoms with Crippen LogP contribution in [0.25, 0.3) is 0 Å². The van der Waals surface area contributed by atoms with Gasteiger partial charge in [-0.2, -0.15) is 18.7 Å². The van der Waals surface area contributed by atoms with E-state index in [1.807, 2.05) is 12.1 Å². The Morgan fingerprint density at radius 2 is 2.00 bits per heavy atom. The molecule has 7 nitrogen and oxygen atoms in total. The van der Waals surface area contributed by atoms with Crippen molar-refractivity contribution in [2.75, 3.05) is 22.3 Å². The number of anilines is 3. The van der Waals surface area contributed by atoms with Gasteiger partial charge in [0.25, 0.3) is 0 Å². The predicted octanol–water partition coefficient (Wildman–Crippen LogP) is 4.01. The number of urea groups is 1. The number of carbonyl (C=O) groups is 1. The molecule has 0 fully saturated rings. The van der Waals surface area contributed by atoms with Gasteiger partial charge in [0.2, 0.25) is 0 Å². The molecule has 1 heterocycles. The summed E-state index contributed by atoms with van der Waals surface area (Å²) in [7, 11) is 0. The van der Waals surface area contributed by atoms with Crippen LogP contribution in [0, 0.1) is 0 Å². The summed E-state index contributed by atoms with van der Waals surface area (Å²) in [5.74, 6) is 0. The number of nitrogens with zero attached hydrogens (tertiary/aromatic N) is 1. The maximum atomic E-state index is 12.9. The smallest absolute Gasteiger partial charge is 0.307 e. The monoisotopic (exact) mass is 424 g/mol. The molecule has 29 heavy (non-hydrogen) atoms. The number of rotatable bonds is 4. The summed E-state index contributed by atoms with van der Waals surface area (Å²) < 4.78 is 38.7. The molecule has 11 heteroatoms. The van der Waals surface area contributed by atoms with Gasteiger partial charge >= 0.3 is 12.2 Å². The lowest BCUT2D eigenvalue weighted by Gasteiger charge is -2.20. The SMILES string of the molecule is O=C(NNc1cccc(N2C=C=CCNN2)c1)Nc1ccc(Cl)c(C(F)(F)F)c1. The number of halogens is 4. The zero-order chi connectivity index (χ0) is 20.9. The van der Waals surface area contributed by atoms with E-state index in [2.05, 4.69) is 32.9 Å². The van der Waals surface area contributed by atoms with Gasteiger partial charge < -0.3 is 5.32 Å². The molecule has 0 atom stereocenters. The highest BCUT2D eigenvalue weighted by Crippen LogP contribution is 2.36. The Kier molecular flexibility index (Phi) is 6.30. The summed E-state index contributed by atoms with van der Waals surface area (Å²) in [6.07, 6.45) is -1.12. The summed E-state index contributed by atoms with van der Waals surface area (Å²) in [6, 6.07) is 9.40. The topological polar surface area (TPSA) is 80.5 Å². The molecule has 1 aliphatic heterocycles. The van der Waals surface area contributed by atoms with Crippen LogP contribution in [-0.2, 0) is 6.18 Å². The first-order chi connectivity index (χ1) is 13.8. The standard InChI is InChI=1S/C18H16ClF3N6O/c19-16-7-6-12(11-15(16)18(20,21)22)24-17(29)26-25-13-4-3-5-14(10-13)28-9-2-1-8-23-27-28/h1,3-7,9-11,23,25,27H,8H2,(H2,24,26,29). The molecule has 0 unspecified atom stereocenters. The van der Waals surface area contributed by atoms with Crippen molar-refractivity contribution in [1.29, 1.82) is 0 Å². The number of hydrazine groups is 3. The molecular formula is C18H16ClF3N6O. The van der Waals surface area contributed by atoms with E-state index in [1.165, 1.54) is 6.07 Å². The average Bonchev–Trinajstić information content (AvgIpc) is 2.97. The first-order valence-corrected chi connectivity index (χ1v) is 8.69. The van der Waals surface area contributed by atoms with Crippen LogP contribution in [0.1, 0.15) is 5.56 Å². The normalized spacial score (nSPS) is 13.7. The van der Waals surface area contributed by atoms with E-state index in [0.717, 1.165) is 17.8 Å². The quantitative estimate of drug-likeness (QED) is 0.378. The van der Waals surface area contributed by atoms with Gasteiger partial charge in [0.05, 0.1) is 28.2 Å². The zero-order valence-corrected chi connectivity index (χ0v) is 15.5. The molecule has 0 aliphatic carbocycles. The second-order valence-electron chi connectivity index (χ2n) is 5.81. The Hall–Kier alpha value is -3.17. The van der Waals surface area contributed by atoms with Crippen molar-refractivity contribution >= 4 is 34.7 Å². The lowest BCUT2D eigenvalue weighted by molar-refractivity contribution is -0.137. The molecule has 0 saturated carbocycles. The highest BCUT2D eigenvalue weighted by molar-refractivity contribution is 6.31. The van der Waals surface area contributed by atoms with Crippen molar-refractivity contribution in [3.63, 3.8) is 0 Å². The third kappa shape index (κ3) is 5.66. The van der Waals surface area contributed by atoms with Crippen molar-refractivity contribution in [1.82, 2.24) is 16.4 Å². The van der Waals surface area contributed by atoms with Crippen LogP contribution in [-0.4, -0.2) is 12.6 Å². The van der Waals surface area contributed by atoms with Crippen LogP contribution in [0.4, 0.5) is 35.0 Å². The molecular weight excluding hydrogens is 409 g/mol. The van der Waals surface area contributed by atoms with E-state index >= 15 is 0 Å². The van der Waals surface area contributed by atoms with Crippen molar-refractivity contribution < 1.29 is 18.0 Å². The summed E-state index contributed by atoms with van der Waals surface area (Å²) >= 11 is 5.56. The lowest BCUT2D eigenvalue weighted by atomic mass is 10.2. The fourth-order valence-corrected chi connectivity index (χ4v) is 2.61.